The van der Waals surface area contributed by atoms with Gasteiger partial charge in [0.15, 0.2) is 0 Å². The Morgan fingerprint density at radius 3 is 2.40 bits per heavy atom. The molecule has 2 N–H and O–H groups in total. The molecule has 1 aromatic carbocycles. The number of hydrogen-bond acceptors (Lipinski definition) is 3. The van der Waals surface area contributed by atoms with E-state index in [4.69, 9.17) is 5.73 Å². The zero-order chi connectivity index (χ0) is 15.3. The van der Waals surface area contributed by atoms with E-state index in [0.29, 0.717) is 24.3 Å². The first kappa shape index (κ1) is 16.5. The summed E-state index contributed by atoms with van der Waals surface area (Å²) in [7, 11) is 1.60. The minimum absolute atomic E-state index is 0.0481. The van der Waals surface area contributed by atoms with Gasteiger partial charge in [-0.15, -0.1) is 0 Å². The van der Waals surface area contributed by atoms with Gasteiger partial charge in [-0.05, 0) is 32.0 Å². The van der Waals surface area contributed by atoms with Crippen LogP contribution in [0.4, 0.5) is 5.69 Å². The van der Waals surface area contributed by atoms with Gasteiger partial charge in [-0.2, -0.15) is 0 Å². The number of rotatable bonds is 5. The molecule has 0 heterocycles. The molecule has 0 unspecified atom stereocenters. The highest BCUT2D eigenvalue weighted by molar-refractivity contribution is 9.10. The maximum absolute atomic E-state index is 12.3. The third-order valence-corrected chi connectivity index (χ3v) is 3.57. The van der Waals surface area contributed by atoms with E-state index in [2.05, 4.69) is 15.9 Å². The Bertz CT molecular complexity index is 501. The molecule has 0 atom stereocenters. The van der Waals surface area contributed by atoms with E-state index < -0.39 is 0 Å². The molecule has 20 heavy (non-hydrogen) atoms. The second-order valence-corrected chi connectivity index (χ2v) is 5.37. The number of carbonyl (C=O) groups is 2. The molecule has 0 aliphatic heterocycles. The number of halogens is 1. The first-order valence-electron chi connectivity index (χ1n) is 6.48. The maximum Gasteiger partial charge on any atom is 0.256 e. The molecule has 0 fully saturated rings. The number of likely N-dealkylation sites (N-methyl/N-ethyl adjacent to an activating group) is 2. The molecule has 0 saturated carbocycles. The Morgan fingerprint density at radius 2 is 1.85 bits per heavy atom. The number of nitrogen functional groups attached to an aromatic ring is 1. The average Bonchev–Trinajstić information content (AvgIpc) is 2.42. The Labute approximate surface area is 127 Å². The second-order valence-electron chi connectivity index (χ2n) is 4.46. The standard InChI is InChI=1S/C14H20BrN3O2/c1-4-18(5-2)13(19)9-17(3)14(20)11-8-10(15)6-7-12(11)16/h6-8H,4-5,9,16H2,1-3H3. The van der Waals surface area contributed by atoms with Gasteiger partial charge >= 0.3 is 0 Å². The largest absolute Gasteiger partial charge is 0.398 e. The molecule has 6 heteroatoms. The van der Waals surface area contributed by atoms with Crippen molar-refractivity contribution in [3.63, 3.8) is 0 Å². The molecule has 0 aliphatic carbocycles. The summed E-state index contributed by atoms with van der Waals surface area (Å²) >= 11 is 3.31. The van der Waals surface area contributed by atoms with Gasteiger partial charge in [0.05, 0.1) is 12.1 Å². The Kier molecular flexibility index (Phi) is 6.01. The summed E-state index contributed by atoms with van der Waals surface area (Å²) in [5.41, 5.74) is 6.61. The summed E-state index contributed by atoms with van der Waals surface area (Å²) in [6.45, 7) is 5.14. The summed E-state index contributed by atoms with van der Waals surface area (Å²) in [4.78, 5) is 27.4. The van der Waals surface area contributed by atoms with Crippen molar-refractivity contribution in [1.82, 2.24) is 9.80 Å². The van der Waals surface area contributed by atoms with Crippen molar-refractivity contribution in [1.29, 1.82) is 0 Å². The fraction of sp³-hybridized carbons (Fsp3) is 0.429. The molecule has 0 spiro atoms. The molecule has 0 bridgehead atoms. The molecular formula is C14H20BrN3O2. The van der Waals surface area contributed by atoms with Crippen molar-refractivity contribution in [3.05, 3.63) is 28.2 Å². The molecule has 1 aromatic rings. The lowest BCUT2D eigenvalue weighted by molar-refractivity contribution is -0.131. The predicted octanol–water partition coefficient (Wildman–Crippen LogP) is 1.97. The third kappa shape index (κ3) is 3.96. The molecular weight excluding hydrogens is 322 g/mol. The van der Waals surface area contributed by atoms with Crippen LogP contribution >= 0.6 is 15.9 Å². The van der Waals surface area contributed by atoms with Crippen LogP contribution in [0.25, 0.3) is 0 Å². The second kappa shape index (κ2) is 7.28. The van der Waals surface area contributed by atoms with Gasteiger partial charge in [0, 0.05) is 30.3 Å². The lowest BCUT2D eigenvalue weighted by atomic mass is 10.1. The van der Waals surface area contributed by atoms with Crippen molar-refractivity contribution in [2.24, 2.45) is 0 Å². The zero-order valence-corrected chi connectivity index (χ0v) is 13.6. The summed E-state index contributed by atoms with van der Waals surface area (Å²) < 4.78 is 0.776. The van der Waals surface area contributed by atoms with E-state index >= 15 is 0 Å². The quantitative estimate of drug-likeness (QED) is 0.832. The van der Waals surface area contributed by atoms with Crippen molar-refractivity contribution in [3.8, 4) is 0 Å². The van der Waals surface area contributed by atoms with E-state index in [1.807, 2.05) is 13.8 Å². The monoisotopic (exact) mass is 341 g/mol. The highest BCUT2D eigenvalue weighted by Gasteiger charge is 2.19. The lowest BCUT2D eigenvalue weighted by Crippen LogP contribution is -2.41. The molecule has 1 rings (SSSR count). The summed E-state index contributed by atoms with van der Waals surface area (Å²) in [5.74, 6) is -0.330. The zero-order valence-electron chi connectivity index (χ0n) is 12.0. The summed E-state index contributed by atoms with van der Waals surface area (Å²) in [5, 5.41) is 0. The SMILES string of the molecule is CCN(CC)C(=O)CN(C)C(=O)c1cc(Br)ccc1N. The average molecular weight is 342 g/mol. The topological polar surface area (TPSA) is 66.6 Å². The van der Waals surface area contributed by atoms with Gasteiger partial charge in [0.2, 0.25) is 5.91 Å². The van der Waals surface area contributed by atoms with E-state index in [1.54, 1.807) is 30.1 Å². The van der Waals surface area contributed by atoms with Gasteiger partial charge in [-0.1, -0.05) is 15.9 Å². The minimum Gasteiger partial charge on any atom is -0.398 e. The minimum atomic E-state index is -0.260. The highest BCUT2D eigenvalue weighted by Crippen LogP contribution is 2.19. The van der Waals surface area contributed by atoms with Gasteiger partial charge in [-0.3, -0.25) is 9.59 Å². The van der Waals surface area contributed by atoms with Gasteiger partial charge in [-0.25, -0.2) is 0 Å². The molecule has 0 saturated heterocycles. The third-order valence-electron chi connectivity index (χ3n) is 3.08. The fourth-order valence-electron chi connectivity index (χ4n) is 1.87. The lowest BCUT2D eigenvalue weighted by Gasteiger charge is -2.23. The molecule has 0 aliphatic rings. The fourth-order valence-corrected chi connectivity index (χ4v) is 2.23. The predicted molar refractivity (Wildman–Crippen MR) is 83.4 cm³/mol. The van der Waals surface area contributed by atoms with Crippen LogP contribution < -0.4 is 5.73 Å². The van der Waals surface area contributed by atoms with Crippen LogP contribution in [-0.2, 0) is 4.79 Å². The van der Waals surface area contributed by atoms with Gasteiger partial charge in [0.1, 0.15) is 0 Å². The first-order chi connectivity index (χ1) is 9.40. The van der Waals surface area contributed by atoms with Crippen molar-refractivity contribution in [2.75, 3.05) is 32.4 Å². The van der Waals surface area contributed by atoms with Crippen LogP contribution in [0.5, 0.6) is 0 Å². The Hall–Kier alpha value is -1.56. The number of amides is 2. The molecule has 110 valence electrons. The van der Waals surface area contributed by atoms with Crippen LogP contribution in [0.3, 0.4) is 0 Å². The van der Waals surface area contributed by atoms with Crippen LogP contribution in [0.1, 0.15) is 24.2 Å². The summed E-state index contributed by atoms with van der Waals surface area (Å²) in [6, 6.07) is 5.10. The van der Waals surface area contributed by atoms with Crippen LogP contribution in [0.2, 0.25) is 0 Å². The van der Waals surface area contributed by atoms with E-state index in [9.17, 15) is 9.59 Å². The molecule has 0 radical (unpaired) electrons. The van der Waals surface area contributed by atoms with E-state index in [0.717, 1.165) is 4.47 Å². The number of hydrogen-bond donors (Lipinski definition) is 1. The van der Waals surface area contributed by atoms with Crippen molar-refractivity contribution in [2.45, 2.75) is 13.8 Å². The number of carbonyl (C=O) groups excluding carboxylic acids is 2. The smallest absolute Gasteiger partial charge is 0.256 e. The number of benzene rings is 1. The van der Waals surface area contributed by atoms with Gasteiger partial charge in [0.25, 0.3) is 5.91 Å². The van der Waals surface area contributed by atoms with Crippen LogP contribution in [0, 0.1) is 0 Å². The van der Waals surface area contributed by atoms with Crippen molar-refractivity contribution >= 4 is 33.4 Å². The Balaban J connectivity index is 2.82. The van der Waals surface area contributed by atoms with Crippen molar-refractivity contribution < 1.29 is 9.59 Å². The first-order valence-corrected chi connectivity index (χ1v) is 7.28. The van der Waals surface area contributed by atoms with Gasteiger partial charge < -0.3 is 15.5 Å². The molecule has 5 nitrogen and oxygen atoms in total. The highest BCUT2D eigenvalue weighted by atomic mass is 79.9. The Morgan fingerprint density at radius 1 is 1.25 bits per heavy atom. The number of anilines is 1. The molecule has 0 aromatic heterocycles. The van der Waals surface area contributed by atoms with E-state index in [1.165, 1.54) is 4.90 Å². The number of nitrogens with zero attached hydrogens (tertiary/aromatic N) is 2. The molecule has 2 amide bonds. The van der Waals surface area contributed by atoms with Crippen LogP contribution in [-0.4, -0.2) is 48.3 Å². The maximum atomic E-state index is 12.3. The van der Waals surface area contributed by atoms with Crippen LogP contribution in [0.15, 0.2) is 22.7 Å². The van der Waals surface area contributed by atoms with E-state index in [-0.39, 0.29) is 18.4 Å². The number of nitrogens with two attached hydrogens (primary N) is 1. The summed E-state index contributed by atoms with van der Waals surface area (Å²) in [6.07, 6.45) is 0. The normalized spacial score (nSPS) is 10.2.